The predicted molar refractivity (Wildman–Crippen MR) is 65.0 cm³/mol. The summed E-state index contributed by atoms with van der Waals surface area (Å²) in [4.78, 5) is 0.177. The second kappa shape index (κ2) is 3.69. The van der Waals surface area contributed by atoms with Crippen LogP contribution in [0, 0.1) is 6.92 Å². The van der Waals surface area contributed by atoms with Crippen molar-refractivity contribution in [1.29, 1.82) is 0 Å². The summed E-state index contributed by atoms with van der Waals surface area (Å²) in [7, 11) is -3.52. The maximum absolute atomic E-state index is 12.1. The molecule has 0 bridgehead atoms. The summed E-state index contributed by atoms with van der Waals surface area (Å²) in [5.41, 5.74) is 6.09. The van der Waals surface area contributed by atoms with Crippen LogP contribution in [-0.2, 0) is 10.0 Å². The van der Waals surface area contributed by atoms with Crippen LogP contribution in [0.1, 0.15) is 12.5 Å². The van der Waals surface area contributed by atoms with Crippen molar-refractivity contribution in [1.82, 2.24) is 4.31 Å². The van der Waals surface area contributed by atoms with E-state index in [1.807, 2.05) is 6.92 Å². The van der Waals surface area contributed by atoms with Crippen molar-refractivity contribution >= 4 is 15.7 Å². The van der Waals surface area contributed by atoms with Gasteiger partial charge in [-0.2, -0.15) is 4.31 Å². The van der Waals surface area contributed by atoms with Crippen molar-refractivity contribution in [3.05, 3.63) is 23.8 Å². The van der Waals surface area contributed by atoms with Gasteiger partial charge in [0.25, 0.3) is 0 Å². The molecule has 1 aromatic carbocycles. The van der Waals surface area contributed by atoms with Crippen molar-refractivity contribution in [3.8, 4) is 0 Å². The van der Waals surface area contributed by atoms with Crippen molar-refractivity contribution in [2.24, 2.45) is 0 Å². The van der Waals surface area contributed by atoms with Gasteiger partial charge in [-0.05, 0) is 31.5 Å². The molecular weight excluding hydrogens is 240 g/mol. The van der Waals surface area contributed by atoms with Gasteiger partial charge >= 0.3 is 0 Å². The average molecular weight is 256 g/mol. The highest BCUT2D eigenvalue weighted by Gasteiger charge is 2.43. The van der Waals surface area contributed by atoms with Gasteiger partial charge in [-0.25, -0.2) is 8.42 Å². The fraction of sp³-hybridized carbons (Fsp3) is 0.455. The molecule has 1 aromatic rings. The minimum absolute atomic E-state index is 0.128. The number of aliphatic hydroxyl groups is 1. The van der Waals surface area contributed by atoms with Gasteiger partial charge in [0.1, 0.15) is 0 Å². The van der Waals surface area contributed by atoms with Crippen LogP contribution in [0.5, 0.6) is 0 Å². The van der Waals surface area contributed by atoms with E-state index in [1.54, 1.807) is 13.0 Å². The molecule has 6 heteroatoms. The Bertz CT molecular complexity index is 544. The lowest BCUT2D eigenvalue weighted by atomic mass is 10.0. The van der Waals surface area contributed by atoms with E-state index in [-0.39, 0.29) is 18.0 Å². The lowest BCUT2D eigenvalue weighted by molar-refractivity contribution is -0.0426. The Kier molecular flexibility index (Phi) is 2.68. The molecule has 17 heavy (non-hydrogen) atoms. The fourth-order valence-electron chi connectivity index (χ4n) is 1.81. The fourth-order valence-corrected chi connectivity index (χ4v) is 3.52. The van der Waals surface area contributed by atoms with Crippen LogP contribution in [0.4, 0.5) is 5.69 Å². The second-order valence-corrected chi connectivity index (χ2v) is 6.73. The van der Waals surface area contributed by atoms with Crippen LogP contribution in [0.15, 0.2) is 23.1 Å². The molecule has 0 aromatic heterocycles. The standard InChI is InChI=1S/C11H16N2O3S/c1-8-3-4-9(5-10(8)12)17(15,16)13-6-11(2,14)7-13/h3-5,14H,6-7,12H2,1-2H3. The summed E-state index contributed by atoms with van der Waals surface area (Å²) in [6.45, 7) is 3.69. The van der Waals surface area contributed by atoms with E-state index in [0.717, 1.165) is 5.56 Å². The van der Waals surface area contributed by atoms with E-state index in [9.17, 15) is 13.5 Å². The lowest BCUT2D eigenvalue weighted by Gasteiger charge is -2.42. The first-order valence-electron chi connectivity index (χ1n) is 5.31. The van der Waals surface area contributed by atoms with E-state index in [2.05, 4.69) is 0 Å². The molecule has 1 aliphatic heterocycles. The van der Waals surface area contributed by atoms with Crippen LogP contribution in [-0.4, -0.2) is 36.5 Å². The highest BCUT2D eigenvalue weighted by atomic mass is 32.2. The van der Waals surface area contributed by atoms with Crippen molar-refractivity contribution in [2.75, 3.05) is 18.8 Å². The van der Waals surface area contributed by atoms with Crippen LogP contribution in [0.3, 0.4) is 0 Å². The molecule has 1 fully saturated rings. The van der Waals surface area contributed by atoms with Gasteiger partial charge in [-0.1, -0.05) is 6.07 Å². The Morgan fingerprint density at radius 2 is 2.00 bits per heavy atom. The summed E-state index contributed by atoms with van der Waals surface area (Å²) in [6, 6.07) is 4.67. The van der Waals surface area contributed by atoms with Gasteiger partial charge < -0.3 is 10.8 Å². The number of hydrogen-bond donors (Lipinski definition) is 2. The molecule has 0 amide bonds. The average Bonchev–Trinajstić information content (AvgIpc) is 2.18. The zero-order chi connectivity index (χ0) is 12.8. The molecule has 0 saturated carbocycles. The molecule has 1 saturated heterocycles. The highest BCUT2D eigenvalue weighted by molar-refractivity contribution is 7.89. The maximum Gasteiger partial charge on any atom is 0.243 e. The minimum atomic E-state index is -3.52. The Hall–Kier alpha value is -1.11. The number of nitrogen functional groups attached to an aromatic ring is 1. The number of hydrogen-bond acceptors (Lipinski definition) is 4. The van der Waals surface area contributed by atoms with Crippen LogP contribution < -0.4 is 5.73 Å². The van der Waals surface area contributed by atoms with E-state index in [4.69, 9.17) is 5.73 Å². The molecule has 5 nitrogen and oxygen atoms in total. The maximum atomic E-state index is 12.1. The molecule has 1 aliphatic rings. The zero-order valence-corrected chi connectivity index (χ0v) is 10.7. The monoisotopic (exact) mass is 256 g/mol. The van der Waals surface area contributed by atoms with Gasteiger partial charge in [0.2, 0.25) is 10.0 Å². The zero-order valence-electron chi connectivity index (χ0n) is 9.84. The smallest absolute Gasteiger partial charge is 0.243 e. The highest BCUT2D eigenvalue weighted by Crippen LogP contribution is 2.28. The molecule has 0 spiro atoms. The van der Waals surface area contributed by atoms with Gasteiger partial charge in [0.05, 0.1) is 10.5 Å². The summed E-state index contributed by atoms with van der Waals surface area (Å²) in [5.74, 6) is 0. The summed E-state index contributed by atoms with van der Waals surface area (Å²) < 4.78 is 25.5. The number of β-amino-alcohol motifs (C(OH)–C–C–N with tert-alkyl or cyclic N) is 1. The van der Waals surface area contributed by atoms with Crippen LogP contribution in [0.2, 0.25) is 0 Å². The summed E-state index contributed by atoms with van der Waals surface area (Å²) in [6.07, 6.45) is 0. The van der Waals surface area contributed by atoms with Crippen LogP contribution >= 0.6 is 0 Å². The minimum Gasteiger partial charge on any atom is -0.398 e. The van der Waals surface area contributed by atoms with E-state index >= 15 is 0 Å². The largest absolute Gasteiger partial charge is 0.398 e. The first-order chi connectivity index (χ1) is 7.72. The van der Waals surface area contributed by atoms with Crippen molar-refractivity contribution < 1.29 is 13.5 Å². The molecule has 0 atom stereocenters. The Morgan fingerprint density at radius 3 is 2.47 bits per heavy atom. The Balaban J connectivity index is 2.30. The molecule has 1 heterocycles. The van der Waals surface area contributed by atoms with Crippen molar-refractivity contribution in [2.45, 2.75) is 24.3 Å². The quantitative estimate of drug-likeness (QED) is 0.747. The van der Waals surface area contributed by atoms with Gasteiger partial charge in [-0.15, -0.1) is 0 Å². The normalized spacial score (nSPS) is 19.9. The number of sulfonamides is 1. The molecule has 0 radical (unpaired) electrons. The van der Waals surface area contributed by atoms with Gasteiger partial charge in [0.15, 0.2) is 0 Å². The third kappa shape index (κ3) is 2.15. The van der Waals surface area contributed by atoms with Crippen molar-refractivity contribution in [3.63, 3.8) is 0 Å². The number of benzene rings is 1. The Labute approximate surface area is 101 Å². The second-order valence-electron chi connectivity index (χ2n) is 4.79. The first kappa shape index (κ1) is 12.3. The lowest BCUT2D eigenvalue weighted by Crippen LogP contribution is -2.61. The van der Waals surface area contributed by atoms with Crippen LogP contribution in [0.25, 0.3) is 0 Å². The molecular formula is C11H16N2O3S. The number of rotatable bonds is 2. The van der Waals surface area contributed by atoms with E-state index in [0.29, 0.717) is 5.69 Å². The third-order valence-electron chi connectivity index (χ3n) is 2.92. The molecule has 2 rings (SSSR count). The van der Waals surface area contributed by atoms with E-state index in [1.165, 1.54) is 16.4 Å². The molecule has 3 N–H and O–H groups in total. The molecule has 0 aliphatic carbocycles. The summed E-state index contributed by atoms with van der Waals surface area (Å²) in [5, 5.41) is 9.56. The van der Waals surface area contributed by atoms with Gasteiger partial charge in [-0.3, -0.25) is 0 Å². The summed E-state index contributed by atoms with van der Waals surface area (Å²) >= 11 is 0. The molecule has 0 unspecified atom stereocenters. The number of nitrogens with two attached hydrogens (primary N) is 1. The SMILES string of the molecule is Cc1ccc(S(=O)(=O)N2CC(C)(O)C2)cc1N. The molecule has 94 valence electrons. The first-order valence-corrected chi connectivity index (χ1v) is 6.75. The number of aryl methyl sites for hydroxylation is 1. The topological polar surface area (TPSA) is 83.6 Å². The van der Waals surface area contributed by atoms with E-state index < -0.39 is 15.6 Å². The number of nitrogens with zero attached hydrogens (tertiary/aromatic N) is 1. The Morgan fingerprint density at radius 1 is 1.41 bits per heavy atom. The third-order valence-corrected chi connectivity index (χ3v) is 4.71. The van der Waals surface area contributed by atoms with Gasteiger partial charge in [0, 0.05) is 18.8 Å². The predicted octanol–water partition coefficient (Wildman–Crippen LogP) is 0.333. The number of anilines is 1.